The number of aliphatic carboxylic acids is 1. The van der Waals surface area contributed by atoms with Gasteiger partial charge in [0.05, 0.1) is 29.1 Å². The Labute approximate surface area is 176 Å². The molecule has 0 saturated heterocycles. The Hall–Kier alpha value is -0.354. The molecular weight excluding hydrogens is 328 g/mol. The zero-order chi connectivity index (χ0) is 16.3. The molecule has 1 aromatic heterocycles. The van der Waals surface area contributed by atoms with Gasteiger partial charge in [-0.1, -0.05) is 0 Å². The molecule has 0 spiro atoms. The number of carboxylic acids is 1. The van der Waals surface area contributed by atoms with Gasteiger partial charge in [-0.3, -0.25) is 5.32 Å². The summed E-state index contributed by atoms with van der Waals surface area (Å²) in [5, 5.41) is 23.1. The summed E-state index contributed by atoms with van der Waals surface area (Å²) in [5.41, 5.74) is -0.0366. The van der Waals surface area contributed by atoms with Crippen molar-refractivity contribution in [3.63, 3.8) is 0 Å². The molecule has 0 aliphatic heterocycles. The molecule has 0 radical (unpaired) electrons. The number of benzene rings is 1. The van der Waals surface area contributed by atoms with Gasteiger partial charge in [0.25, 0.3) is 0 Å². The quantitative estimate of drug-likeness (QED) is 0.528. The molecule has 1 aromatic carbocycles. The van der Waals surface area contributed by atoms with E-state index in [1.54, 1.807) is 6.07 Å². The molecule has 0 bridgehead atoms. The van der Waals surface area contributed by atoms with Crippen molar-refractivity contribution < 1.29 is 70.8 Å². The minimum Gasteiger partial charge on any atom is -0.548 e. The summed E-state index contributed by atoms with van der Waals surface area (Å²) in [7, 11) is 0. The number of carbonyl (C=O) groups is 1. The average Bonchev–Trinajstić information content (AvgIpc) is 2.81. The Morgan fingerprint density at radius 2 is 2.22 bits per heavy atom. The van der Waals surface area contributed by atoms with Crippen molar-refractivity contribution in [2.45, 2.75) is 38.9 Å². The molecule has 1 unspecified atom stereocenters. The predicted octanol–water partition coefficient (Wildman–Crippen LogP) is -2.82. The van der Waals surface area contributed by atoms with E-state index < -0.39 is 11.5 Å². The van der Waals surface area contributed by atoms with Crippen LogP contribution in [0, 0.1) is 5.82 Å². The standard InChI is InChI=1S/C15H20FN3O3.K/c1-3-19-12-5-4-10(16)8-11(12)18-13(19)9-17-15(2,6-7-20)14(21)22;/h4-5,8,17,20H,3,6-7,9H2,1-2H3,(H,21,22);/q;+1/p-1. The van der Waals surface area contributed by atoms with Crippen molar-refractivity contribution in [3.05, 3.63) is 29.8 Å². The number of aromatic nitrogens is 2. The largest absolute Gasteiger partial charge is 1.00 e. The molecule has 0 aliphatic carbocycles. The van der Waals surface area contributed by atoms with Gasteiger partial charge in [-0.25, -0.2) is 9.37 Å². The van der Waals surface area contributed by atoms with E-state index >= 15 is 0 Å². The van der Waals surface area contributed by atoms with Crippen LogP contribution in [0.25, 0.3) is 11.0 Å². The summed E-state index contributed by atoms with van der Waals surface area (Å²) in [5.74, 6) is -1.05. The van der Waals surface area contributed by atoms with Crippen LogP contribution in [0.4, 0.5) is 4.39 Å². The second kappa shape index (κ2) is 8.66. The summed E-state index contributed by atoms with van der Waals surface area (Å²) in [6, 6.07) is 4.36. The molecule has 2 rings (SSSR count). The number of hydrogen-bond acceptors (Lipinski definition) is 5. The molecule has 23 heavy (non-hydrogen) atoms. The molecule has 0 saturated carbocycles. The van der Waals surface area contributed by atoms with E-state index in [1.807, 2.05) is 11.5 Å². The van der Waals surface area contributed by atoms with Crippen LogP contribution >= 0.6 is 0 Å². The summed E-state index contributed by atoms with van der Waals surface area (Å²) >= 11 is 0. The monoisotopic (exact) mass is 347 g/mol. The molecule has 0 fully saturated rings. The maximum absolute atomic E-state index is 13.3. The number of carboxylic acid groups (broad SMARTS) is 1. The van der Waals surface area contributed by atoms with E-state index in [-0.39, 0.29) is 76.8 Å². The Kier molecular flexibility index (Phi) is 7.79. The minimum atomic E-state index is -1.35. The summed E-state index contributed by atoms with van der Waals surface area (Å²) in [4.78, 5) is 15.6. The fraction of sp³-hybridized carbons (Fsp3) is 0.467. The van der Waals surface area contributed by atoms with Gasteiger partial charge in [-0.2, -0.15) is 0 Å². The van der Waals surface area contributed by atoms with E-state index in [0.717, 1.165) is 5.52 Å². The van der Waals surface area contributed by atoms with Gasteiger partial charge in [-0.15, -0.1) is 0 Å². The third kappa shape index (κ3) is 4.59. The fourth-order valence-corrected chi connectivity index (χ4v) is 2.40. The number of aliphatic hydroxyl groups excluding tert-OH is 1. The van der Waals surface area contributed by atoms with Crippen LogP contribution in [-0.2, 0) is 17.9 Å². The maximum Gasteiger partial charge on any atom is 1.00 e. The van der Waals surface area contributed by atoms with Crippen LogP contribution < -0.4 is 61.8 Å². The summed E-state index contributed by atoms with van der Waals surface area (Å²) in [6.45, 7) is 3.92. The van der Waals surface area contributed by atoms with Gasteiger partial charge in [0, 0.05) is 19.2 Å². The zero-order valence-electron chi connectivity index (χ0n) is 13.6. The second-order valence-corrected chi connectivity index (χ2v) is 5.35. The first-order valence-corrected chi connectivity index (χ1v) is 7.13. The first-order chi connectivity index (χ1) is 10.4. The maximum atomic E-state index is 13.3. The van der Waals surface area contributed by atoms with Gasteiger partial charge in [0.15, 0.2) is 0 Å². The van der Waals surface area contributed by atoms with E-state index in [9.17, 15) is 14.3 Å². The smallest absolute Gasteiger partial charge is 0.548 e. The average molecular weight is 347 g/mol. The minimum absolute atomic E-state index is 0. The van der Waals surface area contributed by atoms with Crippen LogP contribution in [0.15, 0.2) is 18.2 Å². The van der Waals surface area contributed by atoms with Crippen LogP contribution in [0.3, 0.4) is 0 Å². The number of aryl methyl sites for hydroxylation is 1. The molecule has 2 aromatic rings. The number of aliphatic hydroxyl groups is 1. The van der Waals surface area contributed by atoms with Crippen LogP contribution in [0.5, 0.6) is 0 Å². The van der Waals surface area contributed by atoms with E-state index in [1.165, 1.54) is 19.1 Å². The van der Waals surface area contributed by atoms with Gasteiger partial charge < -0.3 is 19.6 Å². The number of imidazole rings is 1. The summed E-state index contributed by atoms with van der Waals surface area (Å²) < 4.78 is 15.2. The third-order valence-electron chi connectivity index (χ3n) is 3.80. The van der Waals surface area contributed by atoms with Gasteiger partial charge >= 0.3 is 51.4 Å². The number of hydrogen-bond donors (Lipinski definition) is 2. The number of nitrogens with zero attached hydrogens (tertiary/aromatic N) is 2. The second-order valence-electron chi connectivity index (χ2n) is 5.35. The summed E-state index contributed by atoms with van der Waals surface area (Å²) in [6.07, 6.45) is 0.0241. The molecular formula is C15H19FKN3O3. The normalized spacial score (nSPS) is 13.6. The van der Waals surface area contributed by atoms with E-state index in [2.05, 4.69) is 10.3 Å². The van der Waals surface area contributed by atoms with Crippen molar-refractivity contribution in [1.82, 2.24) is 14.9 Å². The van der Waals surface area contributed by atoms with Crippen molar-refractivity contribution >= 4 is 17.0 Å². The molecule has 1 heterocycles. The Morgan fingerprint density at radius 3 is 2.78 bits per heavy atom. The van der Waals surface area contributed by atoms with Gasteiger partial charge in [0.2, 0.25) is 0 Å². The first kappa shape index (κ1) is 20.7. The Bertz CT molecular complexity index is 692. The molecule has 0 aliphatic rings. The van der Waals surface area contributed by atoms with Crippen molar-refractivity contribution in [2.75, 3.05) is 6.61 Å². The molecule has 8 heteroatoms. The number of nitrogens with one attached hydrogen (secondary N) is 1. The molecule has 2 N–H and O–H groups in total. The van der Waals surface area contributed by atoms with Gasteiger partial charge in [0.1, 0.15) is 11.6 Å². The van der Waals surface area contributed by atoms with E-state index in [4.69, 9.17) is 5.11 Å². The SMILES string of the molecule is CCn1c(CNC(C)(CCO)C(=O)[O-])nc2cc(F)ccc21.[K+]. The van der Waals surface area contributed by atoms with Crippen LogP contribution in [0.1, 0.15) is 26.1 Å². The van der Waals surface area contributed by atoms with Crippen LogP contribution in [0.2, 0.25) is 0 Å². The predicted molar refractivity (Wildman–Crippen MR) is 77.3 cm³/mol. The molecule has 1 atom stereocenters. The zero-order valence-corrected chi connectivity index (χ0v) is 16.7. The fourth-order valence-electron chi connectivity index (χ4n) is 2.40. The number of fused-ring (bicyclic) bond motifs is 1. The molecule has 6 nitrogen and oxygen atoms in total. The molecule has 0 amide bonds. The van der Waals surface area contributed by atoms with Crippen molar-refractivity contribution in [3.8, 4) is 0 Å². The first-order valence-electron chi connectivity index (χ1n) is 7.13. The Balaban J connectivity index is 0.00000264. The molecule has 120 valence electrons. The number of rotatable bonds is 7. The van der Waals surface area contributed by atoms with Crippen LogP contribution in [-0.4, -0.2) is 32.8 Å². The Morgan fingerprint density at radius 1 is 1.52 bits per heavy atom. The topological polar surface area (TPSA) is 90.2 Å². The number of carbonyl (C=O) groups excluding carboxylic acids is 1. The third-order valence-corrected chi connectivity index (χ3v) is 3.80. The van der Waals surface area contributed by atoms with Crippen molar-refractivity contribution in [2.24, 2.45) is 0 Å². The van der Waals surface area contributed by atoms with Gasteiger partial charge in [-0.05, 0) is 32.4 Å². The van der Waals surface area contributed by atoms with E-state index in [0.29, 0.717) is 17.9 Å². The number of halogens is 1. The van der Waals surface area contributed by atoms with Crippen molar-refractivity contribution in [1.29, 1.82) is 0 Å².